The van der Waals surface area contributed by atoms with Crippen molar-refractivity contribution in [3.63, 3.8) is 0 Å². The molecule has 1 N–H and O–H groups in total. The third kappa shape index (κ3) is 4.52. The number of nitrogens with zero attached hydrogens (tertiary/aromatic N) is 4. The van der Waals surface area contributed by atoms with Crippen molar-refractivity contribution in [3.05, 3.63) is 59.2 Å². The molecule has 182 valence electrons. The lowest BCUT2D eigenvalue weighted by molar-refractivity contribution is -0.119. The molecule has 0 saturated carbocycles. The first kappa shape index (κ1) is 23.7. The zero-order valence-electron chi connectivity index (χ0n) is 18.9. The number of sulfonamides is 1. The number of halogens is 1. The quantitative estimate of drug-likeness (QED) is 0.399. The van der Waals surface area contributed by atoms with E-state index in [1.807, 2.05) is 25.1 Å². The van der Waals surface area contributed by atoms with Gasteiger partial charge in [-0.3, -0.25) is 4.79 Å². The van der Waals surface area contributed by atoms with E-state index in [1.54, 1.807) is 17.9 Å². The number of carbonyl (C=O) groups is 1. The zero-order chi connectivity index (χ0) is 24.7. The average Bonchev–Trinajstić information content (AvgIpc) is 3.57. The van der Waals surface area contributed by atoms with Crippen LogP contribution in [-0.4, -0.2) is 53.1 Å². The summed E-state index contributed by atoms with van der Waals surface area (Å²) < 4.78 is 35.5. The molecule has 2 aromatic heterocycles. The molecule has 1 aliphatic rings. The summed E-state index contributed by atoms with van der Waals surface area (Å²) in [4.78, 5) is 18.0. The van der Waals surface area contributed by atoms with Gasteiger partial charge >= 0.3 is 0 Å². The number of nitrogens with one attached hydrogen (secondary N) is 1. The van der Waals surface area contributed by atoms with E-state index in [2.05, 4.69) is 15.4 Å². The van der Waals surface area contributed by atoms with Crippen LogP contribution in [0.2, 0.25) is 5.02 Å². The second kappa shape index (κ2) is 9.23. The maximum absolute atomic E-state index is 13.3. The van der Waals surface area contributed by atoms with Crippen LogP contribution in [0.1, 0.15) is 18.5 Å². The molecule has 9 nitrogen and oxygen atoms in total. The van der Waals surface area contributed by atoms with Crippen molar-refractivity contribution in [2.24, 2.45) is 0 Å². The summed E-state index contributed by atoms with van der Waals surface area (Å²) in [7, 11) is -2.25. The largest absolute Gasteiger partial charge is 0.497 e. The Balaban J connectivity index is 1.42. The standard InChI is InChI=1S/C23H22ClN5O4S2/c1-14-12-21(29(27-14)23-25-18-10-7-16(33-2)13-20(18)34-23)26-22(30)19-4-3-11-28(19)35(31,32)17-8-5-15(24)6-9-17/h5-10,12-13,19H,3-4,11H2,1-2H3,(H,26,30). The summed E-state index contributed by atoms with van der Waals surface area (Å²) in [5, 5.41) is 8.39. The van der Waals surface area contributed by atoms with Crippen molar-refractivity contribution in [1.29, 1.82) is 0 Å². The van der Waals surface area contributed by atoms with Crippen molar-refractivity contribution in [3.8, 4) is 10.9 Å². The first-order valence-electron chi connectivity index (χ1n) is 10.9. The molecule has 0 bridgehead atoms. The molecular weight excluding hydrogens is 510 g/mol. The van der Waals surface area contributed by atoms with Gasteiger partial charge in [0.25, 0.3) is 0 Å². The van der Waals surface area contributed by atoms with Crippen LogP contribution in [0.25, 0.3) is 15.3 Å². The number of anilines is 1. The second-order valence-corrected chi connectivity index (χ2v) is 11.5. The molecule has 12 heteroatoms. The number of thiazole rings is 1. The fourth-order valence-corrected chi connectivity index (χ4v) is 6.83. The molecule has 5 rings (SSSR count). The van der Waals surface area contributed by atoms with Gasteiger partial charge in [-0.2, -0.15) is 14.1 Å². The Hall–Kier alpha value is -2.99. The van der Waals surface area contributed by atoms with Crippen LogP contribution in [0.5, 0.6) is 5.75 Å². The van der Waals surface area contributed by atoms with E-state index in [0.29, 0.717) is 34.5 Å². The van der Waals surface area contributed by atoms with E-state index in [9.17, 15) is 13.2 Å². The van der Waals surface area contributed by atoms with E-state index in [4.69, 9.17) is 16.3 Å². The van der Waals surface area contributed by atoms with Crippen molar-refractivity contribution in [1.82, 2.24) is 19.1 Å². The Labute approximate surface area is 211 Å². The monoisotopic (exact) mass is 531 g/mol. The number of aryl methyl sites for hydroxylation is 1. The highest BCUT2D eigenvalue weighted by atomic mass is 35.5. The predicted octanol–water partition coefficient (Wildman–Crippen LogP) is 4.24. The average molecular weight is 532 g/mol. The Morgan fingerprint density at radius 3 is 2.71 bits per heavy atom. The number of benzene rings is 2. The topological polar surface area (TPSA) is 106 Å². The smallest absolute Gasteiger partial charge is 0.243 e. The highest BCUT2D eigenvalue weighted by molar-refractivity contribution is 7.89. The zero-order valence-corrected chi connectivity index (χ0v) is 21.3. The van der Waals surface area contributed by atoms with Gasteiger partial charge in [0.2, 0.25) is 21.1 Å². The molecule has 1 saturated heterocycles. The number of carbonyl (C=O) groups excluding carboxylic acids is 1. The number of ether oxygens (including phenoxy) is 1. The number of amides is 1. The molecule has 4 aromatic rings. The lowest BCUT2D eigenvalue weighted by atomic mass is 10.2. The Kier molecular flexibility index (Phi) is 6.26. The SMILES string of the molecule is COc1ccc2nc(-n3nc(C)cc3NC(=O)C3CCCN3S(=O)(=O)c3ccc(Cl)cc3)sc2c1. The molecule has 0 spiro atoms. The molecule has 1 amide bonds. The van der Waals surface area contributed by atoms with Crippen LogP contribution in [-0.2, 0) is 14.8 Å². The molecule has 1 atom stereocenters. The Bertz CT molecular complexity index is 1510. The van der Waals surface area contributed by atoms with Gasteiger partial charge in [0, 0.05) is 17.6 Å². The van der Waals surface area contributed by atoms with E-state index in [-0.39, 0.29) is 11.4 Å². The Morgan fingerprint density at radius 1 is 1.20 bits per heavy atom. The lowest BCUT2D eigenvalue weighted by Gasteiger charge is -2.23. The fraction of sp³-hybridized carbons (Fsp3) is 0.261. The first-order valence-corrected chi connectivity index (χ1v) is 13.5. The van der Waals surface area contributed by atoms with Gasteiger partial charge in [0.1, 0.15) is 17.6 Å². The van der Waals surface area contributed by atoms with Crippen molar-refractivity contribution in [2.75, 3.05) is 19.0 Å². The van der Waals surface area contributed by atoms with E-state index in [0.717, 1.165) is 16.0 Å². The van der Waals surface area contributed by atoms with Gasteiger partial charge in [-0.05, 0) is 62.2 Å². The van der Waals surface area contributed by atoms with Gasteiger partial charge in [0.15, 0.2) is 0 Å². The summed E-state index contributed by atoms with van der Waals surface area (Å²) in [5.41, 5.74) is 1.47. The van der Waals surface area contributed by atoms with Crippen LogP contribution in [0.15, 0.2) is 53.4 Å². The van der Waals surface area contributed by atoms with Crippen LogP contribution in [0.3, 0.4) is 0 Å². The second-order valence-electron chi connectivity index (χ2n) is 8.13. The van der Waals surface area contributed by atoms with Crippen LogP contribution in [0.4, 0.5) is 5.82 Å². The van der Waals surface area contributed by atoms with E-state index < -0.39 is 22.0 Å². The molecule has 3 heterocycles. The highest BCUT2D eigenvalue weighted by Crippen LogP contribution is 2.31. The minimum Gasteiger partial charge on any atom is -0.497 e. The summed E-state index contributed by atoms with van der Waals surface area (Å²) in [6, 6.07) is 12.4. The molecule has 1 aliphatic heterocycles. The van der Waals surface area contributed by atoms with E-state index in [1.165, 1.54) is 39.9 Å². The number of methoxy groups -OCH3 is 1. The summed E-state index contributed by atoms with van der Waals surface area (Å²) in [5.74, 6) is 0.735. The number of fused-ring (bicyclic) bond motifs is 1. The fourth-order valence-electron chi connectivity index (χ4n) is 4.09. The number of hydrogen-bond acceptors (Lipinski definition) is 7. The Morgan fingerprint density at radius 2 is 1.97 bits per heavy atom. The number of rotatable bonds is 6. The first-order chi connectivity index (χ1) is 16.8. The van der Waals surface area contributed by atoms with Crippen molar-refractivity contribution >= 4 is 54.9 Å². The predicted molar refractivity (Wildman–Crippen MR) is 135 cm³/mol. The third-order valence-electron chi connectivity index (χ3n) is 5.77. The summed E-state index contributed by atoms with van der Waals surface area (Å²) >= 11 is 7.32. The van der Waals surface area contributed by atoms with Crippen molar-refractivity contribution < 1.29 is 17.9 Å². The summed E-state index contributed by atoms with van der Waals surface area (Å²) in [6.45, 7) is 2.08. The van der Waals surface area contributed by atoms with Gasteiger partial charge in [-0.25, -0.2) is 13.4 Å². The molecule has 0 radical (unpaired) electrons. The third-order valence-corrected chi connectivity index (χ3v) is 8.94. The van der Waals surface area contributed by atoms with Gasteiger partial charge in [0.05, 0.1) is 27.9 Å². The number of aromatic nitrogens is 3. The van der Waals surface area contributed by atoms with Crippen LogP contribution >= 0.6 is 22.9 Å². The number of hydrogen-bond donors (Lipinski definition) is 1. The maximum Gasteiger partial charge on any atom is 0.243 e. The highest BCUT2D eigenvalue weighted by Gasteiger charge is 2.39. The molecule has 35 heavy (non-hydrogen) atoms. The lowest BCUT2D eigenvalue weighted by Crippen LogP contribution is -2.43. The van der Waals surface area contributed by atoms with Gasteiger partial charge in [-0.1, -0.05) is 22.9 Å². The molecule has 1 fully saturated rings. The molecular formula is C23H22ClN5O4S2. The molecule has 0 aliphatic carbocycles. The van der Waals surface area contributed by atoms with Crippen LogP contribution < -0.4 is 10.1 Å². The minimum atomic E-state index is -3.85. The molecule has 2 aromatic carbocycles. The van der Waals surface area contributed by atoms with Crippen molar-refractivity contribution in [2.45, 2.75) is 30.7 Å². The summed E-state index contributed by atoms with van der Waals surface area (Å²) in [6.07, 6.45) is 1.01. The molecule has 1 unspecified atom stereocenters. The van der Waals surface area contributed by atoms with E-state index >= 15 is 0 Å². The van der Waals surface area contributed by atoms with Gasteiger partial charge < -0.3 is 10.1 Å². The van der Waals surface area contributed by atoms with Crippen LogP contribution in [0, 0.1) is 6.92 Å². The minimum absolute atomic E-state index is 0.104. The van der Waals surface area contributed by atoms with Gasteiger partial charge in [-0.15, -0.1) is 0 Å². The maximum atomic E-state index is 13.3. The normalized spacial score (nSPS) is 16.6.